The maximum atomic E-state index is 12.6. The van der Waals surface area contributed by atoms with E-state index in [9.17, 15) is 19.0 Å². The molecule has 0 aromatic rings. The number of phosphoric ester groups is 1. The van der Waals surface area contributed by atoms with E-state index in [2.05, 4.69) is 50.3 Å². The first-order valence-electron chi connectivity index (χ1n) is 22.0. The highest BCUT2D eigenvalue weighted by molar-refractivity contribution is 7.47. The van der Waals surface area contributed by atoms with Gasteiger partial charge in [-0.15, -0.1) is 0 Å². The fourth-order valence-corrected chi connectivity index (χ4v) is 6.83. The summed E-state index contributed by atoms with van der Waals surface area (Å²) in [5, 5.41) is 0. The van der Waals surface area contributed by atoms with Crippen molar-refractivity contribution in [1.82, 2.24) is 0 Å². The largest absolute Gasteiger partial charge is 0.472 e. The van der Waals surface area contributed by atoms with Gasteiger partial charge in [-0.3, -0.25) is 18.6 Å². The van der Waals surface area contributed by atoms with E-state index in [1.807, 2.05) is 0 Å². The highest BCUT2D eigenvalue weighted by Crippen LogP contribution is 2.43. The highest BCUT2D eigenvalue weighted by atomic mass is 31.2. The van der Waals surface area contributed by atoms with Crippen LogP contribution in [0.4, 0.5) is 0 Å². The van der Waals surface area contributed by atoms with Crippen LogP contribution in [0.25, 0.3) is 0 Å². The molecule has 2 unspecified atom stereocenters. The van der Waals surface area contributed by atoms with Gasteiger partial charge in [0.15, 0.2) is 6.10 Å². The zero-order chi connectivity index (χ0) is 39.6. The Morgan fingerprint density at radius 3 is 1.52 bits per heavy atom. The summed E-state index contributed by atoms with van der Waals surface area (Å²) in [4.78, 5) is 34.9. The maximum absolute atomic E-state index is 12.6. The summed E-state index contributed by atoms with van der Waals surface area (Å²) >= 11 is 0. The molecule has 3 N–H and O–H groups in total. The number of allylic oxidation sites excluding steroid dienone is 6. The van der Waals surface area contributed by atoms with Crippen molar-refractivity contribution in [3.05, 3.63) is 36.5 Å². The van der Waals surface area contributed by atoms with Crippen LogP contribution in [0.3, 0.4) is 0 Å². The minimum Gasteiger partial charge on any atom is -0.462 e. The van der Waals surface area contributed by atoms with E-state index in [4.69, 9.17) is 24.3 Å². The molecule has 0 radical (unpaired) electrons. The molecule has 10 heteroatoms. The predicted octanol–water partition coefficient (Wildman–Crippen LogP) is 12.6. The van der Waals surface area contributed by atoms with Crippen LogP contribution < -0.4 is 5.73 Å². The van der Waals surface area contributed by atoms with Crippen LogP contribution in [0.15, 0.2) is 36.5 Å². The first kappa shape index (κ1) is 52.2. The zero-order valence-corrected chi connectivity index (χ0v) is 35.6. The van der Waals surface area contributed by atoms with Crippen molar-refractivity contribution in [2.75, 3.05) is 26.4 Å². The molecule has 2 atom stereocenters. The molecule has 0 aromatic carbocycles. The van der Waals surface area contributed by atoms with Gasteiger partial charge in [0.1, 0.15) is 6.61 Å². The number of unbranched alkanes of at least 4 members (excludes halogenated alkanes) is 22. The normalized spacial score (nSPS) is 13.6. The number of hydrogen-bond donors (Lipinski definition) is 2. The number of hydrogen-bond acceptors (Lipinski definition) is 8. The molecule has 0 rings (SSSR count). The molecular formula is C44H82NO8P. The van der Waals surface area contributed by atoms with Crippen molar-refractivity contribution >= 4 is 19.8 Å². The second kappa shape index (κ2) is 40.9. The van der Waals surface area contributed by atoms with Gasteiger partial charge in [0.2, 0.25) is 0 Å². The van der Waals surface area contributed by atoms with Crippen LogP contribution in [-0.4, -0.2) is 49.3 Å². The monoisotopic (exact) mass is 784 g/mol. The summed E-state index contributed by atoms with van der Waals surface area (Å²) in [6.45, 7) is 3.62. The number of carbonyl (C=O) groups is 2. The number of esters is 2. The van der Waals surface area contributed by atoms with Crippen LogP contribution in [0, 0.1) is 0 Å². The van der Waals surface area contributed by atoms with Gasteiger partial charge in [0, 0.05) is 19.4 Å². The van der Waals surface area contributed by atoms with E-state index in [0.29, 0.717) is 6.42 Å². The average Bonchev–Trinajstić information content (AvgIpc) is 3.16. The molecule has 54 heavy (non-hydrogen) atoms. The fourth-order valence-electron chi connectivity index (χ4n) is 6.06. The average molecular weight is 784 g/mol. The van der Waals surface area contributed by atoms with Gasteiger partial charge in [-0.05, 0) is 44.9 Å². The third kappa shape index (κ3) is 39.9. The van der Waals surface area contributed by atoms with Crippen molar-refractivity contribution in [2.24, 2.45) is 5.73 Å². The second-order valence-corrected chi connectivity index (χ2v) is 16.0. The number of phosphoric acid groups is 1. The molecule has 0 aromatic heterocycles. The Kier molecular flexibility index (Phi) is 39.5. The quantitative estimate of drug-likeness (QED) is 0.0269. The number of carbonyl (C=O) groups excluding carboxylic acids is 2. The molecule has 0 saturated heterocycles. The summed E-state index contributed by atoms with van der Waals surface area (Å²) < 4.78 is 32.8. The number of rotatable bonds is 41. The first-order valence-corrected chi connectivity index (χ1v) is 23.5. The van der Waals surface area contributed by atoms with E-state index in [0.717, 1.165) is 70.6 Å². The zero-order valence-electron chi connectivity index (χ0n) is 34.7. The predicted molar refractivity (Wildman–Crippen MR) is 224 cm³/mol. The molecule has 316 valence electrons. The molecule has 0 aliphatic heterocycles. The van der Waals surface area contributed by atoms with Gasteiger partial charge in [-0.1, -0.05) is 179 Å². The lowest BCUT2D eigenvalue weighted by atomic mass is 10.0. The molecule has 0 heterocycles. The van der Waals surface area contributed by atoms with Crippen LogP contribution >= 0.6 is 7.82 Å². The highest BCUT2D eigenvalue weighted by Gasteiger charge is 2.26. The van der Waals surface area contributed by atoms with Gasteiger partial charge < -0.3 is 20.1 Å². The fraction of sp³-hybridized carbons (Fsp3) is 0.818. The Morgan fingerprint density at radius 1 is 0.574 bits per heavy atom. The Balaban J connectivity index is 4.13. The Labute approximate surface area is 331 Å². The van der Waals surface area contributed by atoms with Crippen molar-refractivity contribution in [3.63, 3.8) is 0 Å². The van der Waals surface area contributed by atoms with Gasteiger partial charge in [-0.25, -0.2) is 4.57 Å². The standard InChI is InChI=1S/C44H82NO8P/c1-3-5-7-9-11-13-15-17-19-20-21-23-24-26-28-30-32-34-36-43(46)50-40-42(41-52-54(48,49)51-39-38-45)53-44(47)37-35-33-31-29-27-25-22-18-16-14-12-10-8-6-4-2/h6,8,12,14,18,22,42H,3-5,7,9-11,13,15-17,19-21,23-41,45H2,1-2H3,(H,48,49)/b8-6-,14-12-,22-18-. The van der Waals surface area contributed by atoms with Crippen molar-refractivity contribution < 1.29 is 37.6 Å². The number of ether oxygens (including phenoxy) is 2. The topological polar surface area (TPSA) is 134 Å². The minimum absolute atomic E-state index is 0.0507. The summed E-state index contributed by atoms with van der Waals surface area (Å²) in [5.74, 6) is -0.842. The molecule has 0 amide bonds. The third-order valence-corrected chi connectivity index (χ3v) is 10.3. The third-order valence-electron chi connectivity index (χ3n) is 9.29. The molecule has 0 fully saturated rings. The summed E-state index contributed by atoms with van der Waals surface area (Å²) in [5.41, 5.74) is 5.35. The van der Waals surface area contributed by atoms with Crippen LogP contribution in [0.2, 0.25) is 0 Å². The lowest BCUT2D eigenvalue weighted by Gasteiger charge is -2.19. The molecule has 0 bridgehead atoms. The second-order valence-electron chi connectivity index (χ2n) is 14.5. The lowest BCUT2D eigenvalue weighted by Crippen LogP contribution is -2.29. The van der Waals surface area contributed by atoms with E-state index in [1.54, 1.807) is 0 Å². The van der Waals surface area contributed by atoms with E-state index in [-0.39, 0.29) is 38.6 Å². The van der Waals surface area contributed by atoms with Crippen LogP contribution in [0.5, 0.6) is 0 Å². The molecule has 0 spiro atoms. The maximum Gasteiger partial charge on any atom is 0.472 e. The van der Waals surface area contributed by atoms with Gasteiger partial charge in [0.25, 0.3) is 0 Å². The van der Waals surface area contributed by atoms with Crippen LogP contribution in [-0.2, 0) is 32.7 Å². The molecule has 9 nitrogen and oxygen atoms in total. The molecular weight excluding hydrogens is 701 g/mol. The summed E-state index contributed by atoms with van der Waals surface area (Å²) in [6.07, 6.45) is 44.6. The first-order chi connectivity index (χ1) is 26.3. The van der Waals surface area contributed by atoms with Crippen molar-refractivity contribution in [3.8, 4) is 0 Å². The van der Waals surface area contributed by atoms with Gasteiger partial charge in [-0.2, -0.15) is 0 Å². The smallest absolute Gasteiger partial charge is 0.462 e. The lowest BCUT2D eigenvalue weighted by molar-refractivity contribution is -0.161. The molecule has 0 saturated carbocycles. The summed E-state index contributed by atoms with van der Waals surface area (Å²) in [6, 6.07) is 0. The Bertz CT molecular complexity index is 986. The van der Waals surface area contributed by atoms with E-state index >= 15 is 0 Å². The van der Waals surface area contributed by atoms with E-state index < -0.39 is 26.5 Å². The Morgan fingerprint density at radius 2 is 1.02 bits per heavy atom. The number of nitrogens with two attached hydrogens (primary N) is 1. The Hall–Kier alpha value is -1.77. The van der Waals surface area contributed by atoms with Crippen LogP contribution in [0.1, 0.15) is 200 Å². The van der Waals surface area contributed by atoms with Gasteiger partial charge in [0.05, 0.1) is 13.2 Å². The van der Waals surface area contributed by atoms with E-state index in [1.165, 1.54) is 96.3 Å². The SMILES string of the molecule is CC/C=C\C/C=C\C/C=C\CCCCCCCC(=O)OC(COC(=O)CCCCCCCCCCCCCCCCCCCC)COP(=O)(O)OCCN. The van der Waals surface area contributed by atoms with Crippen molar-refractivity contribution in [2.45, 2.75) is 206 Å². The summed E-state index contributed by atoms with van der Waals surface area (Å²) in [7, 11) is -4.38. The van der Waals surface area contributed by atoms with Gasteiger partial charge >= 0.3 is 19.8 Å². The molecule has 0 aliphatic carbocycles. The minimum atomic E-state index is -4.38. The van der Waals surface area contributed by atoms with Crippen molar-refractivity contribution in [1.29, 1.82) is 0 Å². The molecule has 0 aliphatic rings.